The first-order valence-electron chi connectivity index (χ1n) is 6.82. The van der Waals surface area contributed by atoms with Crippen molar-refractivity contribution in [3.63, 3.8) is 0 Å². The van der Waals surface area contributed by atoms with Crippen LogP contribution in [0.25, 0.3) is 0 Å². The van der Waals surface area contributed by atoms with Crippen molar-refractivity contribution >= 4 is 5.91 Å². The highest BCUT2D eigenvalue weighted by Crippen LogP contribution is 2.01. The van der Waals surface area contributed by atoms with Crippen LogP contribution in [0.3, 0.4) is 0 Å². The third-order valence-electron chi connectivity index (χ3n) is 2.83. The molecule has 0 aliphatic heterocycles. The van der Waals surface area contributed by atoms with Crippen molar-refractivity contribution in [1.29, 1.82) is 0 Å². The highest BCUT2D eigenvalue weighted by Gasteiger charge is 2.14. The van der Waals surface area contributed by atoms with Gasteiger partial charge in [0.2, 0.25) is 5.91 Å². The van der Waals surface area contributed by atoms with Crippen LogP contribution in [0.1, 0.15) is 39.5 Å². The second kappa shape index (κ2) is 10.5. The van der Waals surface area contributed by atoms with Gasteiger partial charge in [-0.3, -0.25) is 9.69 Å². The fourth-order valence-corrected chi connectivity index (χ4v) is 1.69. The third-order valence-corrected chi connectivity index (χ3v) is 2.83. The molecule has 0 aliphatic carbocycles. The maximum atomic E-state index is 12.1. The van der Waals surface area contributed by atoms with E-state index in [0.717, 1.165) is 45.3 Å². The van der Waals surface area contributed by atoms with E-state index in [1.165, 1.54) is 0 Å². The molecule has 0 aliphatic rings. The zero-order valence-electron chi connectivity index (χ0n) is 11.7. The van der Waals surface area contributed by atoms with E-state index in [4.69, 9.17) is 5.73 Å². The normalized spacial score (nSPS) is 10.9. The number of likely N-dealkylation sites (N-methyl/N-ethyl adjacent to an activating group) is 1. The Morgan fingerprint density at radius 3 is 2.00 bits per heavy atom. The number of nitrogens with zero attached hydrogens (tertiary/aromatic N) is 2. The number of rotatable bonds is 10. The molecular formula is C13H29N3O. The van der Waals surface area contributed by atoms with Crippen molar-refractivity contribution in [2.45, 2.75) is 39.5 Å². The van der Waals surface area contributed by atoms with Crippen molar-refractivity contribution in [2.75, 3.05) is 39.8 Å². The molecule has 0 saturated carbocycles. The Balaban J connectivity index is 4.10. The van der Waals surface area contributed by atoms with Gasteiger partial charge in [-0.25, -0.2) is 0 Å². The molecule has 0 bridgehead atoms. The minimum atomic E-state index is 0.239. The summed E-state index contributed by atoms with van der Waals surface area (Å²) in [4.78, 5) is 16.1. The Hall–Kier alpha value is -0.610. The van der Waals surface area contributed by atoms with Gasteiger partial charge in [0.25, 0.3) is 0 Å². The standard InChI is InChI=1S/C13H29N3O/c1-4-6-9-16(10-7-5-2)13(17)12-15(3)11-8-14/h4-12,14H2,1-3H3. The minimum Gasteiger partial charge on any atom is -0.342 e. The molecule has 0 fully saturated rings. The molecule has 17 heavy (non-hydrogen) atoms. The SMILES string of the molecule is CCCCN(CCCC)C(=O)CN(C)CCN. The Kier molecular flexibility index (Phi) is 10.2. The first-order valence-corrected chi connectivity index (χ1v) is 6.82. The van der Waals surface area contributed by atoms with Gasteiger partial charge in [-0.1, -0.05) is 26.7 Å². The molecule has 4 heteroatoms. The summed E-state index contributed by atoms with van der Waals surface area (Å²) < 4.78 is 0. The topological polar surface area (TPSA) is 49.6 Å². The van der Waals surface area contributed by atoms with Gasteiger partial charge in [0.15, 0.2) is 0 Å². The first-order chi connectivity index (χ1) is 8.15. The van der Waals surface area contributed by atoms with Crippen LogP contribution in [-0.4, -0.2) is 55.5 Å². The molecule has 4 nitrogen and oxygen atoms in total. The summed E-state index contributed by atoms with van der Waals surface area (Å²) in [5, 5.41) is 0. The smallest absolute Gasteiger partial charge is 0.236 e. The lowest BCUT2D eigenvalue weighted by Gasteiger charge is -2.25. The number of carbonyl (C=O) groups is 1. The number of unbranched alkanes of at least 4 members (excludes halogenated alkanes) is 2. The second-order valence-corrected chi connectivity index (χ2v) is 4.61. The third kappa shape index (κ3) is 8.16. The lowest BCUT2D eigenvalue weighted by atomic mass is 10.2. The van der Waals surface area contributed by atoms with Crippen LogP contribution in [0.5, 0.6) is 0 Å². The molecule has 0 radical (unpaired) electrons. The average molecular weight is 243 g/mol. The summed E-state index contributed by atoms with van der Waals surface area (Å²) in [6.45, 7) is 7.98. The quantitative estimate of drug-likeness (QED) is 0.629. The maximum Gasteiger partial charge on any atom is 0.236 e. The van der Waals surface area contributed by atoms with Crippen molar-refractivity contribution in [1.82, 2.24) is 9.80 Å². The highest BCUT2D eigenvalue weighted by atomic mass is 16.2. The van der Waals surface area contributed by atoms with Gasteiger partial charge in [-0.05, 0) is 19.9 Å². The monoisotopic (exact) mass is 243 g/mol. The van der Waals surface area contributed by atoms with E-state index in [-0.39, 0.29) is 5.91 Å². The molecule has 0 rings (SSSR count). The molecule has 102 valence electrons. The van der Waals surface area contributed by atoms with Gasteiger partial charge >= 0.3 is 0 Å². The van der Waals surface area contributed by atoms with E-state index < -0.39 is 0 Å². The number of carbonyl (C=O) groups excluding carboxylic acids is 1. The lowest BCUT2D eigenvalue weighted by Crippen LogP contribution is -2.41. The second-order valence-electron chi connectivity index (χ2n) is 4.61. The molecule has 0 aromatic heterocycles. The molecule has 0 heterocycles. The van der Waals surface area contributed by atoms with E-state index in [0.29, 0.717) is 13.1 Å². The first kappa shape index (κ1) is 16.4. The molecule has 0 unspecified atom stereocenters. The lowest BCUT2D eigenvalue weighted by molar-refractivity contribution is -0.132. The summed E-state index contributed by atoms with van der Waals surface area (Å²) in [6, 6.07) is 0. The van der Waals surface area contributed by atoms with Crippen LogP contribution in [0, 0.1) is 0 Å². The summed E-state index contributed by atoms with van der Waals surface area (Å²) >= 11 is 0. The van der Waals surface area contributed by atoms with Crippen LogP contribution in [-0.2, 0) is 4.79 Å². The molecule has 0 aromatic rings. The Morgan fingerprint density at radius 1 is 1.06 bits per heavy atom. The van der Waals surface area contributed by atoms with Gasteiger partial charge in [0.05, 0.1) is 6.54 Å². The van der Waals surface area contributed by atoms with Gasteiger partial charge < -0.3 is 10.6 Å². The Morgan fingerprint density at radius 2 is 1.59 bits per heavy atom. The zero-order valence-corrected chi connectivity index (χ0v) is 11.7. The van der Waals surface area contributed by atoms with E-state index >= 15 is 0 Å². The van der Waals surface area contributed by atoms with E-state index in [1.807, 2.05) is 16.8 Å². The molecule has 1 amide bonds. The minimum absolute atomic E-state index is 0.239. The number of nitrogens with two attached hydrogens (primary N) is 1. The molecule has 0 atom stereocenters. The summed E-state index contributed by atoms with van der Waals surface area (Å²) in [7, 11) is 1.95. The van der Waals surface area contributed by atoms with E-state index in [9.17, 15) is 4.79 Å². The Bertz CT molecular complexity index is 189. The van der Waals surface area contributed by atoms with Crippen molar-refractivity contribution in [3.05, 3.63) is 0 Å². The van der Waals surface area contributed by atoms with Crippen LogP contribution >= 0.6 is 0 Å². The summed E-state index contributed by atoms with van der Waals surface area (Å²) in [5.41, 5.74) is 5.48. The number of hydrogen-bond donors (Lipinski definition) is 1. The van der Waals surface area contributed by atoms with E-state index in [1.54, 1.807) is 0 Å². The molecular weight excluding hydrogens is 214 g/mol. The zero-order chi connectivity index (χ0) is 13.1. The summed E-state index contributed by atoms with van der Waals surface area (Å²) in [5.74, 6) is 0.239. The van der Waals surface area contributed by atoms with Gasteiger partial charge in [0.1, 0.15) is 0 Å². The molecule has 2 N–H and O–H groups in total. The van der Waals surface area contributed by atoms with Gasteiger partial charge in [-0.15, -0.1) is 0 Å². The van der Waals surface area contributed by atoms with Crippen molar-refractivity contribution in [2.24, 2.45) is 5.73 Å². The van der Waals surface area contributed by atoms with Crippen LogP contribution in [0.15, 0.2) is 0 Å². The average Bonchev–Trinajstić information content (AvgIpc) is 2.29. The van der Waals surface area contributed by atoms with E-state index in [2.05, 4.69) is 13.8 Å². The van der Waals surface area contributed by atoms with Crippen LogP contribution < -0.4 is 5.73 Å². The van der Waals surface area contributed by atoms with Crippen LogP contribution in [0.4, 0.5) is 0 Å². The summed E-state index contributed by atoms with van der Waals surface area (Å²) in [6.07, 6.45) is 4.45. The van der Waals surface area contributed by atoms with Crippen molar-refractivity contribution in [3.8, 4) is 0 Å². The molecule has 0 aromatic carbocycles. The maximum absolute atomic E-state index is 12.1. The molecule has 0 spiro atoms. The van der Waals surface area contributed by atoms with Gasteiger partial charge in [-0.2, -0.15) is 0 Å². The number of hydrogen-bond acceptors (Lipinski definition) is 3. The largest absolute Gasteiger partial charge is 0.342 e. The van der Waals surface area contributed by atoms with Crippen LogP contribution in [0.2, 0.25) is 0 Å². The highest BCUT2D eigenvalue weighted by molar-refractivity contribution is 5.78. The fourth-order valence-electron chi connectivity index (χ4n) is 1.69. The van der Waals surface area contributed by atoms with Crippen molar-refractivity contribution < 1.29 is 4.79 Å². The predicted octanol–water partition coefficient (Wildman–Crippen LogP) is 1.31. The fraction of sp³-hybridized carbons (Fsp3) is 0.923. The predicted molar refractivity (Wildman–Crippen MR) is 72.9 cm³/mol. The number of amides is 1. The molecule has 0 saturated heterocycles. The Labute approximate surface area is 106 Å². The van der Waals surface area contributed by atoms with Gasteiger partial charge in [0, 0.05) is 26.2 Å².